The van der Waals surface area contributed by atoms with Crippen LogP contribution in [0.4, 0.5) is 8.78 Å². The summed E-state index contributed by atoms with van der Waals surface area (Å²) < 4.78 is 34.4. The molecule has 1 aliphatic heterocycles. The maximum Gasteiger partial charge on any atom is 0.387 e. The van der Waals surface area contributed by atoms with Gasteiger partial charge in [0.05, 0.1) is 11.3 Å². The molecule has 0 bridgehead atoms. The molecule has 0 spiro atoms. The van der Waals surface area contributed by atoms with Gasteiger partial charge in [-0.1, -0.05) is 17.3 Å². The summed E-state index contributed by atoms with van der Waals surface area (Å²) in [4.78, 5) is 28.0. The number of nitrogens with zero attached hydrogens (tertiary/aromatic N) is 3. The molecule has 2 amide bonds. The third-order valence-electron chi connectivity index (χ3n) is 4.03. The van der Waals surface area contributed by atoms with E-state index in [0.29, 0.717) is 18.8 Å². The van der Waals surface area contributed by atoms with Crippen molar-refractivity contribution in [3.05, 3.63) is 47.3 Å². The second kappa shape index (κ2) is 7.51. The third-order valence-corrected chi connectivity index (χ3v) is 4.03. The van der Waals surface area contributed by atoms with Crippen molar-refractivity contribution in [3.63, 3.8) is 0 Å². The van der Waals surface area contributed by atoms with Crippen molar-refractivity contribution in [1.29, 1.82) is 0 Å². The molecule has 2 aromatic rings. The number of alkyl halides is 2. The van der Waals surface area contributed by atoms with Crippen molar-refractivity contribution in [2.75, 3.05) is 26.2 Å². The van der Waals surface area contributed by atoms with Gasteiger partial charge in [0.15, 0.2) is 0 Å². The summed E-state index contributed by atoms with van der Waals surface area (Å²) in [6.45, 7) is -0.120. The highest BCUT2D eigenvalue weighted by Gasteiger charge is 2.28. The number of ether oxygens (including phenoxy) is 1. The van der Waals surface area contributed by atoms with Crippen LogP contribution in [0.5, 0.6) is 5.75 Å². The van der Waals surface area contributed by atoms with Gasteiger partial charge in [-0.05, 0) is 19.1 Å². The highest BCUT2D eigenvalue weighted by atomic mass is 19.3. The Bertz CT molecular complexity index is 801. The van der Waals surface area contributed by atoms with E-state index in [1.54, 1.807) is 24.0 Å². The van der Waals surface area contributed by atoms with E-state index in [1.165, 1.54) is 23.1 Å². The largest absolute Gasteiger partial charge is 0.434 e. The van der Waals surface area contributed by atoms with Gasteiger partial charge in [0, 0.05) is 32.2 Å². The molecule has 1 aromatic carbocycles. The van der Waals surface area contributed by atoms with E-state index >= 15 is 0 Å². The summed E-state index contributed by atoms with van der Waals surface area (Å²) >= 11 is 0. The molecular weight excluding hydrogens is 348 g/mol. The number of aryl methyl sites for hydroxylation is 1. The molecule has 0 radical (unpaired) electrons. The van der Waals surface area contributed by atoms with Crippen LogP contribution in [-0.4, -0.2) is 59.6 Å². The van der Waals surface area contributed by atoms with Gasteiger partial charge >= 0.3 is 6.61 Å². The summed E-state index contributed by atoms with van der Waals surface area (Å²) in [5.74, 6) is -0.718. The highest BCUT2D eigenvalue weighted by molar-refractivity contribution is 5.97. The maximum absolute atomic E-state index is 12.6. The van der Waals surface area contributed by atoms with E-state index in [0.717, 1.165) is 0 Å². The summed E-state index contributed by atoms with van der Waals surface area (Å²) in [6, 6.07) is 7.42. The van der Waals surface area contributed by atoms with Gasteiger partial charge in [-0.15, -0.1) is 0 Å². The number of carbonyl (C=O) groups is 2. The topological polar surface area (TPSA) is 75.9 Å². The van der Waals surface area contributed by atoms with Crippen LogP contribution in [0.1, 0.15) is 26.6 Å². The smallest absolute Gasteiger partial charge is 0.387 e. The number of carbonyl (C=O) groups excluding carboxylic acids is 2. The van der Waals surface area contributed by atoms with Crippen molar-refractivity contribution in [2.45, 2.75) is 13.5 Å². The Balaban J connectivity index is 1.65. The third kappa shape index (κ3) is 3.81. The number of halogens is 2. The Morgan fingerprint density at radius 2 is 1.73 bits per heavy atom. The molecule has 0 aliphatic carbocycles. The lowest BCUT2D eigenvalue weighted by atomic mass is 10.1. The molecule has 2 heterocycles. The molecular formula is C17H17F2N3O4. The first kappa shape index (κ1) is 17.8. The molecule has 0 saturated carbocycles. The standard InChI is InChI=1S/C17H17F2N3O4/c1-11-10-14(26-20-11)16(24)22-8-6-21(7-9-22)15(23)12-4-2-3-5-13(12)25-17(18)19/h2-5,10,17H,6-9H2,1H3. The van der Waals surface area contributed by atoms with Gasteiger partial charge in [0.2, 0.25) is 5.76 Å². The molecule has 1 aromatic heterocycles. The van der Waals surface area contributed by atoms with Crippen molar-refractivity contribution in [1.82, 2.24) is 15.0 Å². The molecule has 9 heteroatoms. The minimum atomic E-state index is -3.01. The van der Waals surface area contributed by atoms with Crippen molar-refractivity contribution in [2.24, 2.45) is 0 Å². The molecule has 0 N–H and O–H groups in total. The zero-order valence-electron chi connectivity index (χ0n) is 14.0. The van der Waals surface area contributed by atoms with Gasteiger partial charge in [-0.25, -0.2) is 0 Å². The monoisotopic (exact) mass is 365 g/mol. The zero-order chi connectivity index (χ0) is 18.7. The Morgan fingerprint density at radius 1 is 1.12 bits per heavy atom. The molecule has 138 valence electrons. The minimum Gasteiger partial charge on any atom is -0.434 e. The van der Waals surface area contributed by atoms with Crippen LogP contribution < -0.4 is 4.74 Å². The number of hydrogen-bond donors (Lipinski definition) is 0. The van der Waals surface area contributed by atoms with E-state index in [1.807, 2.05) is 0 Å². The van der Waals surface area contributed by atoms with Crippen molar-refractivity contribution in [3.8, 4) is 5.75 Å². The minimum absolute atomic E-state index is 0.0680. The Kier molecular flexibility index (Phi) is 5.15. The lowest BCUT2D eigenvalue weighted by molar-refractivity contribution is -0.0503. The molecule has 26 heavy (non-hydrogen) atoms. The van der Waals surface area contributed by atoms with Gasteiger partial charge in [0.25, 0.3) is 11.8 Å². The quantitative estimate of drug-likeness (QED) is 0.830. The van der Waals surface area contributed by atoms with E-state index in [2.05, 4.69) is 9.89 Å². The molecule has 7 nitrogen and oxygen atoms in total. The zero-order valence-corrected chi connectivity index (χ0v) is 14.0. The molecule has 0 unspecified atom stereocenters. The van der Waals surface area contributed by atoms with Crippen LogP contribution in [0.15, 0.2) is 34.9 Å². The van der Waals surface area contributed by atoms with E-state index in [-0.39, 0.29) is 36.1 Å². The molecule has 0 atom stereocenters. The SMILES string of the molecule is Cc1cc(C(=O)N2CCN(C(=O)c3ccccc3OC(F)F)CC2)on1. The van der Waals surface area contributed by atoms with E-state index in [4.69, 9.17) is 4.52 Å². The predicted molar refractivity (Wildman–Crippen MR) is 86.1 cm³/mol. The summed E-state index contributed by atoms with van der Waals surface area (Å²) in [5.41, 5.74) is 0.677. The Hall–Kier alpha value is -2.97. The number of rotatable bonds is 4. The second-order valence-electron chi connectivity index (χ2n) is 5.79. The van der Waals surface area contributed by atoms with E-state index < -0.39 is 12.5 Å². The van der Waals surface area contributed by atoms with E-state index in [9.17, 15) is 18.4 Å². The number of aromatic nitrogens is 1. The van der Waals surface area contributed by atoms with Crippen LogP contribution in [0, 0.1) is 6.92 Å². The summed E-state index contributed by atoms with van der Waals surface area (Å²) in [5, 5.41) is 3.69. The van der Waals surface area contributed by atoms with Crippen LogP contribution in [0.25, 0.3) is 0 Å². The van der Waals surface area contributed by atoms with Gasteiger partial charge in [0.1, 0.15) is 5.75 Å². The number of para-hydroxylation sites is 1. The molecule has 1 saturated heterocycles. The van der Waals surface area contributed by atoms with Crippen LogP contribution in [0.2, 0.25) is 0 Å². The number of benzene rings is 1. The van der Waals surface area contributed by atoms with Gasteiger partial charge < -0.3 is 19.1 Å². The van der Waals surface area contributed by atoms with Crippen LogP contribution >= 0.6 is 0 Å². The lowest BCUT2D eigenvalue weighted by Crippen LogP contribution is -2.50. The fourth-order valence-electron chi connectivity index (χ4n) is 2.75. The first-order valence-electron chi connectivity index (χ1n) is 8.01. The normalized spacial score (nSPS) is 14.6. The first-order valence-corrected chi connectivity index (χ1v) is 8.01. The van der Waals surface area contributed by atoms with Crippen molar-refractivity contribution >= 4 is 11.8 Å². The first-order chi connectivity index (χ1) is 12.5. The van der Waals surface area contributed by atoms with Crippen molar-refractivity contribution < 1.29 is 27.6 Å². The average molecular weight is 365 g/mol. The Morgan fingerprint density at radius 3 is 2.31 bits per heavy atom. The van der Waals surface area contributed by atoms with Crippen LogP contribution in [0.3, 0.4) is 0 Å². The number of piperazine rings is 1. The number of hydrogen-bond acceptors (Lipinski definition) is 5. The molecule has 1 fully saturated rings. The maximum atomic E-state index is 12.6. The molecule has 1 aliphatic rings. The lowest BCUT2D eigenvalue weighted by Gasteiger charge is -2.34. The second-order valence-corrected chi connectivity index (χ2v) is 5.79. The van der Waals surface area contributed by atoms with Gasteiger partial charge in [-0.3, -0.25) is 9.59 Å². The fourth-order valence-corrected chi connectivity index (χ4v) is 2.75. The number of amides is 2. The fraction of sp³-hybridized carbons (Fsp3) is 0.353. The predicted octanol–water partition coefficient (Wildman–Crippen LogP) is 2.18. The van der Waals surface area contributed by atoms with Crippen LogP contribution in [-0.2, 0) is 0 Å². The summed E-state index contributed by atoms with van der Waals surface area (Å²) in [7, 11) is 0. The molecule has 3 rings (SSSR count). The van der Waals surface area contributed by atoms with Gasteiger partial charge in [-0.2, -0.15) is 8.78 Å². The average Bonchev–Trinajstić information content (AvgIpc) is 3.07. The summed E-state index contributed by atoms with van der Waals surface area (Å²) in [6.07, 6.45) is 0. The highest BCUT2D eigenvalue weighted by Crippen LogP contribution is 2.22. The Labute approximate surface area is 148 Å².